The molecule has 19 heavy (non-hydrogen) atoms. The lowest BCUT2D eigenvalue weighted by atomic mass is 10.0. The number of halogens is 1. The lowest BCUT2D eigenvalue weighted by molar-refractivity contribution is -0.0517. The van der Waals surface area contributed by atoms with Crippen LogP contribution in [0.15, 0.2) is 23.1 Å². The topological polar surface area (TPSA) is 64.6 Å². The molecule has 1 atom stereocenters. The molecule has 0 radical (unpaired) electrons. The van der Waals surface area contributed by atoms with Gasteiger partial charge in [0.05, 0.1) is 36.3 Å². The van der Waals surface area contributed by atoms with Gasteiger partial charge in [0, 0.05) is 0 Å². The molecular formula is C12H14FNO4S. The number of ether oxygens (including phenoxy) is 2. The Morgan fingerprint density at radius 1 is 1.53 bits per heavy atom. The number of nitrogens with one attached hydrogen (secondary N) is 1. The number of benzene rings is 1. The molecule has 1 aliphatic rings. The summed E-state index contributed by atoms with van der Waals surface area (Å²) < 4.78 is 38.0. The number of rotatable bonds is 4. The van der Waals surface area contributed by atoms with Crippen LogP contribution in [0.4, 0.5) is 4.39 Å². The van der Waals surface area contributed by atoms with Crippen LogP contribution in [0.5, 0.6) is 0 Å². The van der Waals surface area contributed by atoms with Crippen molar-refractivity contribution in [2.75, 3.05) is 20.3 Å². The fourth-order valence-electron chi connectivity index (χ4n) is 1.64. The predicted octanol–water partition coefficient (Wildman–Crippen LogP) is 1.01. The van der Waals surface area contributed by atoms with Crippen LogP contribution in [0.3, 0.4) is 0 Å². The third-order valence-electron chi connectivity index (χ3n) is 2.74. The van der Waals surface area contributed by atoms with E-state index in [1.54, 1.807) is 0 Å². The zero-order chi connectivity index (χ0) is 14.0. The Hall–Kier alpha value is -1.31. The van der Waals surface area contributed by atoms with Crippen molar-refractivity contribution in [2.45, 2.75) is 17.4 Å². The number of hydrogen-bond acceptors (Lipinski definition) is 4. The number of esters is 1. The molecule has 0 amide bonds. The molecule has 2 rings (SSSR count). The molecule has 1 N–H and O–H groups in total. The maximum atomic E-state index is 13.7. The van der Waals surface area contributed by atoms with E-state index in [1.807, 2.05) is 6.92 Å². The third kappa shape index (κ3) is 2.99. The van der Waals surface area contributed by atoms with Crippen LogP contribution in [-0.2, 0) is 20.5 Å². The smallest absolute Gasteiger partial charge is 0.340 e. The molecule has 0 spiro atoms. The lowest BCUT2D eigenvalue weighted by Gasteiger charge is -2.38. The SMILES string of the molecule is COC(=O)c1ccc(S(=O)NC2(C)COC2)cc1F. The van der Waals surface area contributed by atoms with Gasteiger partial charge in [-0.05, 0) is 25.1 Å². The highest BCUT2D eigenvalue weighted by molar-refractivity contribution is 7.83. The molecule has 1 aliphatic heterocycles. The van der Waals surface area contributed by atoms with E-state index in [0.29, 0.717) is 13.2 Å². The zero-order valence-electron chi connectivity index (χ0n) is 10.6. The zero-order valence-corrected chi connectivity index (χ0v) is 11.4. The minimum absolute atomic E-state index is 0.179. The van der Waals surface area contributed by atoms with Gasteiger partial charge in [-0.1, -0.05) is 0 Å². The summed E-state index contributed by atoms with van der Waals surface area (Å²) in [5.74, 6) is -1.52. The summed E-state index contributed by atoms with van der Waals surface area (Å²) in [6, 6.07) is 3.76. The van der Waals surface area contributed by atoms with Gasteiger partial charge in [0.15, 0.2) is 0 Å². The first-order chi connectivity index (χ1) is 8.95. The second-order valence-electron chi connectivity index (χ2n) is 4.56. The van der Waals surface area contributed by atoms with Gasteiger partial charge in [-0.2, -0.15) is 0 Å². The average molecular weight is 287 g/mol. The second-order valence-corrected chi connectivity index (χ2v) is 5.77. The van der Waals surface area contributed by atoms with E-state index < -0.39 is 22.8 Å². The van der Waals surface area contributed by atoms with Crippen molar-refractivity contribution in [1.29, 1.82) is 0 Å². The number of carbonyl (C=O) groups is 1. The number of carbonyl (C=O) groups excluding carboxylic acids is 1. The summed E-state index contributed by atoms with van der Waals surface area (Å²) in [6.07, 6.45) is 0. The molecule has 1 saturated heterocycles. The van der Waals surface area contributed by atoms with Crippen molar-refractivity contribution in [1.82, 2.24) is 4.72 Å². The van der Waals surface area contributed by atoms with Gasteiger partial charge in [-0.15, -0.1) is 0 Å². The Bertz CT molecular complexity index is 530. The molecule has 0 saturated carbocycles. The van der Waals surface area contributed by atoms with Gasteiger partial charge in [0.25, 0.3) is 0 Å². The van der Waals surface area contributed by atoms with E-state index in [2.05, 4.69) is 9.46 Å². The Morgan fingerprint density at radius 2 is 2.21 bits per heavy atom. The molecule has 0 aliphatic carbocycles. The highest BCUT2D eigenvalue weighted by atomic mass is 32.2. The first-order valence-electron chi connectivity index (χ1n) is 5.60. The Labute approximate surface area is 112 Å². The monoisotopic (exact) mass is 287 g/mol. The van der Waals surface area contributed by atoms with E-state index in [4.69, 9.17) is 4.74 Å². The van der Waals surface area contributed by atoms with Crippen molar-refractivity contribution < 1.29 is 22.9 Å². The Morgan fingerprint density at radius 3 is 2.68 bits per heavy atom. The molecule has 5 nitrogen and oxygen atoms in total. The quantitative estimate of drug-likeness (QED) is 0.840. The van der Waals surface area contributed by atoms with Crippen LogP contribution < -0.4 is 4.72 Å². The fourth-order valence-corrected chi connectivity index (χ4v) is 2.72. The molecule has 1 fully saturated rings. The molecule has 1 aromatic rings. The van der Waals surface area contributed by atoms with Crippen LogP contribution in [-0.4, -0.2) is 36.0 Å². The highest BCUT2D eigenvalue weighted by Gasteiger charge is 2.35. The summed E-state index contributed by atoms with van der Waals surface area (Å²) >= 11 is 0. The molecule has 1 unspecified atom stereocenters. The van der Waals surface area contributed by atoms with Gasteiger partial charge in [0.2, 0.25) is 0 Å². The van der Waals surface area contributed by atoms with Gasteiger partial charge >= 0.3 is 5.97 Å². The standard InChI is InChI=1S/C12H14FNO4S/c1-12(6-18-7-12)14-19(16)8-3-4-9(10(13)5-8)11(15)17-2/h3-5,14H,6-7H2,1-2H3. The highest BCUT2D eigenvalue weighted by Crippen LogP contribution is 2.19. The lowest BCUT2D eigenvalue weighted by Crippen LogP contribution is -2.58. The predicted molar refractivity (Wildman–Crippen MR) is 66.5 cm³/mol. The maximum absolute atomic E-state index is 13.7. The van der Waals surface area contributed by atoms with Crippen LogP contribution in [0.1, 0.15) is 17.3 Å². The van der Waals surface area contributed by atoms with Crippen molar-refractivity contribution in [3.05, 3.63) is 29.6 Å². The maximum Gasteiger partial charge on any atom is 0.340 e. The van der Waals surface area contributed by atoms with Gasteiger partial charge in [-0.3, -0.25) is 0 Å². The first-order valence-corrected chi connectivity index (χ1v) is 6.75. The van der Waals surface area contributed by atoms with E-state index in [0.717, 1.165) is 6.07 Å². The normalized spacial score (nSPS) is 18.5. The third-order valence-corrected chi connectivity index (χ3v) is 4.10. The molecule has 0 aromatic heterocycles. The molecule has 7 heteroatoms. The molecule has 0 bridgehead atoms. The van der Waals surface area contributed by atoms with Crippen molar-refractivity contribution in [2.24, 2.45) is 0 Å². The first kappa shape index (κ1) is 14.1. The second kappa shape index (κ2) is 5.36. The Kier molecular flexibility index (Phi) is 3.98. The van der Waals surface area contributed by atoms with E-state index in [-0.39, 0.29) is 16.0 Å². The van der Waals surface area contributed by atoms with Crippen LogP contribution in [0, 0.1) is 5.82 Å². The largest absolute Gasteiger partial charge is 0.465 e. The summed E-state index contributed by atoms with van der Waals surface area (Å²) in [5.41, 5.74) is -0.538. The molecular weight excluding hydrogens is 273 g/mol. The minimum Gasteiger partial charge on any atom is -0.465 e. The Balaban J connectivity index is 2.15. The van der Waals surface area contributed by atoms with E-state index in [1.165, 1.54) is 19.2 Å². The number of methoxy groups -OCH3 is 1. The van der Waals surface area contributed by atoms with Crippen molar-refractivity contribution in [3.8, 4) is 0 Å². The average Bonchev–Trinajstić information content (AvgIpc) is 2.35. The van der Waals surface area contributed by atoms with Crippen molar-refractivity contribution in [3.63, 3.8) is 0 Å². The van der Waals surface area contributed by atoms with Crippen LogP contribution >= 0.6 is 0 Å². The summed E-state index contributed by atoms with van der Waals surface area (Å²) in [5, 5.41) is 0. The molecule has 1 aromatic carbocycles. The number of hydrogen-bond donors (Lipinski definition) is 1. The van der Waals surface area contributed by atoms with Crippen LogP contribution in [0.2, 0.25) is 0 Å². The van der Waals surface area contributed by atoms with Gasteiger partial charge < -0.3 is 9.47 Å². The van der Waals surface area contributed by atoms with Gasteiger partial charge in [0.1, 0.15) is 16.8 Å². The van der Waals surface area contributed by atoms with E-state index >= 15 is 0 Å². The summed E-state index contributed by atoms with van der Waals surface area (Å²) in [4.78, 5) is 11.5. The summed E-state index contributed by atoms with van der Waals surface area (Å²) in [6.45, 7) is 2.79. The van der Waals surface area contributed by atoms with E-state index in [9.17, 15) is 13.4 Å². The summed E-state index contributed by atoms with van der Waals surface area (Å²) in [7, 11) is -0.384. The van der Waals surface area contributed by atoms with Gasteiger partial charge in [-0.25, -0.2) is 18.1 Å². The van der Waals surface area contributed by atoms with Crippen molar-refractivity contribution >= 4 is 17.0 Å². The van der Waals surface area contributed by atoms with Crippen LogP contribution in [0.25, 0.3) is 0 Å². The minimum atomic E-state index is -1.56. The molecule has 1 heterocycles. The fraction of sp³-hybridized carbons (Fsp3) is 0.417. The molecule has 104 valence electrons.